The van der Waals surface area contributed by atoms with Gasteiger partial charge in [0, 0.05) is 17.7 Å². The number of carbonyl (C=O) groups is 2. The predicted molar refractivity (Wildman–Crippen MR) is 68.2 cm³/mol. The lowest BCUT2D eigenvalue weighted by Gasteiger charge is -2.19. The summed E-state index contributed by atoms with van der Waals surface area (Å²) < 4.78 is 13.7. The lowest BCUT2D eigenvalue weighted by atomic mass is 10.1. The first-order valence-corrected chi connectivity index (χ1v) is 5.78. The molecule has 0 aliphatic carbocycles. The number of nitrogens with one attached hydrogen (secondary N) is 1. The van der Waals surface area contributed by atoms with Crippen LogP contribution in [0.1, 0.15) is 22.8 Å². The van der Waals surface area contributed by atoms with E-state index in [1.165, 1.54) is 18.2 Å². The number of likely N-dealkylation sites (N-methyl/N-ethyl adjacent to an activating group) is 1. The summed E-state index contributed by atoms with van der Waals surface area (Å²) in [6.45, 7) is 2.59. The van der Waals surface area contributed by atoms with Crippen LogP contribution in [0, 0.1) is 5.82 Å². The zero-order valence-corrected chi connectivity index (χ0v) is 10.6. The van der Waals surface area contributed by atoms with Crippen LogP contribution in [-0.4, -0.2) is 29.8 Å². The van der Waals surface area contributed by atoms with Crippen molar-refractivity contribution in [2.75, 3.05) is 13.1 Å². The van der Waals surface area contributed by atoms with E-state index in [-0.39, 0.29) is 18.7 Å². The van der Waals surface area contributed by atoms with Crippen LogP contribution in [0.25, 0.3) is 0 Å². The minimum atomic E-state index is -0.501. The summed E-state index contributed by atoms with van der Waals surface area (Å²) in [5.74, 6) is 3.58. The number of rotatable bonds is 6. The van der Waals surface area contributed by atoms with Gasteiger partial charge in [-0.25, -0.2) is 10.2 Å². The van der Waals surface area contributed by atoms with Crippen molar-refractivity contribution in [2.24, 2.45) is 11.6 Å². The van der Waals surface area contributed by atoms with Gasteiger partial charge in [-0.3, -0.25) is 19.9 Å². The second-order valence-corrected chi connectivity index (χ2v) is 4.05. The van der Waals surface area contributed by atoms with Crippen LogP contribution in [-0.2, 0) is 11.3 Å². The molecule has 0 aliphatic heterocycles. The molecule has 0 saturated carbocycles. The van der Waals surface area contributed by atoms with Gasteiger partial charge in [0.25, 0.3) is 5.91 Å². The molecule has 19 heavy (non-hydrogen) atoms. The predicted octanol–water partition coefficient (Wildman–Crippen LogP) is -0.264. The first-order chi connectivity index (χ1) is 8.97. The Bertz CT molecular complexity index is 479. The molecular weight excluding hydrogens is 251 g/mol. The number of nitrogens with two attached hydrogens (primary N) is 2. The van der Waals surface area contributed by atoms with Crippen LogP contribution >= 0.6 is 0 Å². The summed E-state index contributed by atoms with van der Waals surface area (Å²) >= 11 is 0. The first-order valence-electron chi connectivity index (χ1n) is 5.78. The van der Waals surface area contributed by atoms with Crippen LogP contribution < -0.4 is 17.0 Å². The summed E-state index contributed by atoms with van der Waals surface area (Å²) in [5.41, 5.74) is 7.65. The SMILES string of the molecule is CCN(CC(N)=O)Cc1cc(C(=O)NN)ccc1F. The Balaban J connectivity index is 2.92. The van der Waals surface area contributed by atoms with E-state index in [1.54, 1.807) is 4.90 Å². The van der Waals surface area contributed by atoms with Gasteiger partial charge in [-0.2, -0.15) is 0 Å². The number of primary amides is 1. The maximum Gasteiger partial charge on any atom is 0.265 e. The van der Waals surface area contributed by atoms with Crippen LogP contribution in [0.15, 0.2) is 18.2 Å². The fraction of sp³-hybridized carbons (Fsp3) is 0.333. The Kier molecular flexibility index (Phi) is 5.40. The average molecular weight is 268 g/mol. The van der Waals surface area contributed by atoms with Gasteiger partial charge in [-0.15, -0.1) is 0 Å². The number of nitrogen functional groups attached to an aromatic ring is 1. The van der Waals surface area contributed by atoms with Crippen LogP contribution in [0.2, 0.25) is 0 Å². The van der Waals surface area contributed by atoms with Gasteiger partial charge < -0.3 is 5.73 Å². The molecule has 1 aromatic carbocycles. The van der Waals surface area contributed by atoms with Crippen molar-refractivity contribution in [3.8, 4) is 0 Å². The molecular formula is C12H17FN4O2. The van der Waals surface area contributed by atoms with Crippen molar-refractivity contribution in [1.82, 2.24) is 10.3 Å². The fourth-order valence-corrected chi connectivity index (χ4v) is 1.66. The second-order valence-electron chi connectivity index (χ2n) is 4.05. The molecule has 1 rings (SSSR count). The fourth-order valence-electron chi connectivity index (χ4n) is 1.66. The molecule has 0 bridgehead atoms. The van der Waals surface area contributed by atoms with E-state index >= 15 is 0 Å². The molecule has 0 fully saturated rings. The minimum absolute atomic E-state index is 0.0310. The highest BCUT2D eigenvalue weighted by Gasteiger charge is 2.13. The molecule has 6 nitrogen and oxygen atoms in total. The van der Waals surface area contributed by atoms with Gasteiger partial charge in [-0.05, 0) is 24.7 Å². The lowest BCUT2D eigenvalue weighted by Crippen LogP contribution is -2.33. The van der Waals surface area contributed by atoms with Gasteiger partial charge in [0.05, 0.1) is 6.54 Å². The molecule has 104 valence electrons. The van der Waals surface area contributed by atoms with E-state index in [9.17, 15) is 14.0 Å². The number of halogens is 1. The molecule has 0 spiro atoms. The van der Waals surface area contributed by atoms with Gasteiger partial charge >= 0.3 is 0 Å². The Morgan fingerprint density at radius 1 is 1.42 bits per heavy atom. The molecule has 0 aromatic heterocycles. The Hall–Kier alpha value is -1.99. The average Bonchev–Trinajstić information content (AvgIpc) is 2.38. The summed E-state index contributed by atoms with van der Waals surface area (Å²) in [7, 11) is 0. The number of benzene rings is 1. The van der Waals surface area contributed by atoms with Crippen molar-refractivity contribution in [3.63, 3.8) is 0 Å². The Morgan fingerprint density at radius 2 is 2.11 bits per heavy atom. The highest BCUT2D eigenvalue weighted by atomic mass is 19.1. The molecule has 0 atom stereocenters. The molecule has 0 aliphatic rings. The Labute approximate surface area is 110 Å². The van der Waals surface area contributed by atoms with Crippen molar-refractivity contribution < 1.29 is 14.0 Å². The van der Waals surface area contributed by atoms with Gasteiger partial charge in [0.15, 0.2) is 0 Å². The molecule has 0 saturated heterocycles. The molecule has 0 heterocycles. The van der Waals surface area contributed by atoms with Crippen LogP contribution in [0.4, 0.5) is 4.39 Å². The third-order valence-corrected chi connectivity index (χ3v) is 2.66. The van der Waals surface area contributed by atoms with Crippen LogP contribution in [0.5, 0.6) is 0 Å². The van der Waals surface area contributed by atoms with Gasteiger partial charge in [0.2, 0.25) is 5.91 Å². The first kappa shape index (κ1) is 15.1. The van der Waals surface area contributed by atoms with E-state index in [1.807, 2.05) is 12.3 Å². The maximum atomic E-state index is 13.7. The van der Waals surface area contributed by atoms with Crippen molar-refractivity contribution in [1.29, 1.82) is 0 Å². The summed E-state index contributed by atoms with van der Waals surface area (Å²) in [6, 6.07) is 3.94. The maximum absolute atomic E-state index is 13.7. The Morgan fingerprint density at radius 3 is 2.63 bits per heavy atom. The smallest absolute Gasteiger partial charge is 0.265 e. The molecule has 0 unspecified atom stereocenters. The number of hydrazine groups is 1. The highest BCUT2D eigenvalue weighted by Crippen LogP contribution is 2.13. The summed E-state index contributed by atoms with van der Waals surface area (Å²) in [6.07, 6.45) is 0. The number of amides is 2. The topological polar surface area (TPSA) is 101 Å². The van der Waals surface area contributed by atoms with Gasteiger partial charge in [-0.1, -0.05) is 6.92 Å². The van der Waals surface area contributed by atoms with E-state index < -0.39 is 17.6 Å². The number of hydrogen-bond donors (Lipinski definition) is 3. The zero-order valence-electron chi connectivity index (χ0n) is 10.6. The van der Waals surface area contributed by atoms with Crippen LogP contribution in [0.3, 0.4) is 0 Å². The lowest BCUT2D eigenvalue weighted by molar-refractivity contribution is -0.119. The van der Waals surface area contributed by atoms with Gasteiger partial charge in [0.1, 0.15) is 5.82 Å². The monoisotopic (exact) mass is 268 g/mol. The largest absolute Gasteiger partial charge is 0.369 e. The summed E-state index contributed by atoms with van der Waals surface area (Å²) in [4.78, 5) is 23.9. The zero-order chi connectivity index (χ0) is 14.4. The number of hydrogen-bond acceptors (Lipinski definition) is 4. The third-order valence-electron chi connectivity index (χ3n) is 2.66. The normalized spacial score (nSPS) is 10.5. The number of carbonyl (C=O) groups excluding carboxylic acids is 2. The van der Waals surface area contributed by atoms with Crippen molar-refractivity contribution >= 4 is 11.8 Å². The molecule has 7 heteroatoms. The van der Waals surface area contributed by atoms with E-state index in [0.717, 1.165) is 0 Å². The molecule has 1 aromatic rings. The van der Waals surface area contributed by atoms with E-state index in [4.69, 9.17) is 11.6 Å². The van der Waals surface area contributed by atoms with Crippen molar-refractivity contribution in [2.45, 2.75) is 13.5 Å². The molecule has 2 amide bonds. The van der Waals surface area contributed by atoms with E-state index in [0.29, 0.717) is 12.1 Å². The van der Waals surface area contributed by atoms with E-state index in [2.05, 4.69) is 0 Å². The molecule has 5 N–H and O–H groups in total. The quantitative estimate of drug-likeness (QED) is 0.376. The second kappa shape index (κ2) is 6.81. The summed E-state index contributed by atoms with van der Waals surface area (Å²) in [5, 5.41) is 0. The third kappa shape index (κ3) is 4.31. The standard InChI is InChI=1S/C12H17FN4O2/c1-2-17(7-11(14)18)6-9-5-8(12(19)16-15)3-4-10(9)13/h3-5H,2,6-7,15H2,1H3,(H2,14,18)(H,16,19). The number of nitrogens with zero attached hydrogens (tertiary/aromatic N) is 1. The highest BCUT2D eigenvalue weighted by molar-refractivity contribution is 5.93. The van der Waals surface area contributed by atoms with Crippen molar-refractivity contribution in [3.05, 3.63) is 35.1 Å². The molecule has 0 radical (unpaired) electrons. The minimum Gasteiger partial charge on any atom is -0.369 e.